The molecular weight excluding hydrogens is 278 g/mol. The fourth-order valence-corrected chi connectivity index (χ4v) is 2.67. The van der Waals surface area contributed by atoms with Gasteiger partial charge >= 0.3 is 0 Å². The molecule has 0 saturated carbocycles. The first-order valence-corrected chi connectivity index (χ1v) is 7.97. The van der Waals surface area contributed by atoms with Crippen LogP contribution < -0.4 is 5.32 Å². The Balaban J connectivity index is 2.17. The molecular formula is C19H24ClN. The van der Waals surface area contributed by atoms with Gasteiger partial charge in [0.05, 0.1) is 0 Å². The first kappa shape index (κ1) is 16.1. The zero-order chi connectivity index (χ0) is 15.2. The Hall–Kier alpha value is -1.31. The molecule has 0 heterocycles. The molecule has 0 spiro atoms. The predicted octanol–water partition coefficient (Wildman–Crippen LogP) is 4.97. The number of hydrogen-bond donors (Lipinski definition) is 1. The lowest BCUT2D eigenvalue weighted by Gasteiger charge is -2.20. The summed E-state index contributed by atoms with van der Waals surface area (Å²) in [4.78, 5) is 0. The average Bonchev–Trinajstić information content (AvgIpc) is 2.44. The van der Waals surface area contributed by atoms with Gasteiger partial charge in [0.15, 0.2) is 0 Å². The summed E-state index contributed by atoms with van der Waals surface area (Å²) in [5.74, 6) is 0.464. The number of nitrogens with one attached hydrogen (secondary N) is 1. The highest BCUT2D eigenvalue weighted by Gasteiger charge is 2.13. The molecule has 0 fully saturated rings. The highest BCUT2D eigenvalue weighted by Crippen LogP contribution is 2.23. The van der Waals surface area contributed by atoms with Gasteiger partial charge in [-0.2, -0.15) is 0 Å². The Morgan fingerprint density at radius 3 is 2.38 bits per heavy atom. The van der Waals surface area contributed by atoms with Crippen molar-refractivity contribution >= 4 is 11.6 Å². The standard InChI is InChI=1S/C19H24ClN/c1-14(2)21-13-18(17-7-9-19(20)10-8-17)12-16-6-4-5-15(3)11-16/h4-11,14,18,21H,12-13H2,1-3H3. The zero-order valence-corrected chi connectivity index (χ0v) is 13.8. The molecule has 0 aromatic heterocycles. The van der Waals surface area contributed by atoms with Crippen molar-refractivity contribution in [3.05, 3.63) is 70.2 Å². The van der Waals surface area contributed by atoms with Crippen LogP contribution in [0.5, 0.6) is 0 Å². The Labute approximate surface area is 133 Å². The molecule has 1 atom stereocenters. The molecule has 2 rings (SSSR count). The van der Waals surface area contributed by atoms with E-state index in [0.29, 0.717) is 12.0 Å². The van der Waals surface area contributed by atoms with E-state index in [9.17, 15) is 0 Å². The van der Waals surface area contributed by atoms with Gasteiger partial charge in [-0.05, 0) is 36.6 Å². The third-order valence-corrected chi connectivity index (χ3v) is 3.93. The van der Waals surface area contributed by atoms with Crippen molar-refractivity contribution in [3.63, 3.8) is 0 Å². The van der Waals surface area contributed by atoms with Crippen molar-refractivity contribution in [1.82, 2.24) is 5.32 Å². The lowest BCUT2D eigenvalue weighted by molar-refractivity contribution is 0.527. The average molecular weight is 302 g/mol. The molecule has 1 nitrogen and oxygen atoms in total. The van der Waals surface area contributed by atoms with Crippen LogP contribution in [0.2, 0.25) is 5.02 Å². The fraction of sp³-hybridized carbons (Fsp3) is 0.368. The predicted molar refractivity (Wildman–Crippen MR) is 92.2 cm³/mol. The van der Waals surface area contributed by atoms with Crippen LogP contribution in [0, 0.1) is 6.92 Å². The van der Waals surface area contributed by atoms with Gasteiger partial charge in [0, 0.05) is 23.5 Å². The highest BCUT2D eigenvalue weighted by atomic mass is 35.5. The van der Waals surface area contributed by atoms with Gasteiger partial charge < -0.3 is 5.32 Å². The monoisotopic (exact) mass is 301 g/mol. The van der Waals surface area contributed by atoms with Gasteiger partial charge in [0.2, 0.25) is 0 Å². The van der Waals surface area contributed by atoms with E-state index < -0.39 is 0 Å². The van der Waals surface area contributed by atoms with Gasteiger partial charge in [0.1, 0.15) is 0 Å². The van der Waals surface area contributed by atoms with E-state index in [4.69, 9.17) is 11.6 Å². The summed E-state index contributed by atoms with van der Waals surface area (Å²) >= 11 is 6.01. The molecule has 0 bridgehead atoms. The second-order valence-corrected chi connectivity index (χ2v) is 6.44. The van der Waals surface area contributed by atoms with E-state index in [1.54, 1.807) is 0 Å². The molecule has 2 aromatic carbocycles. The molecule has 112 valence electrons. The first-order chi connectivity index (χ1) is 10.0. The molecule has 1 unspecified atom stereocenters. The van der Waals surface area contributed by atoms with E-state index in [1.807, 2.05) is 12.1 Å². The number of benzene rings is 2. The highest BCUT2D eigenvalue weighted by molar-refractivity contribution is 6.30. The zero-order valence-electron chi connectivity index (χ0n) is 13.1. The minimum Gasteiger partial charge on any atom is -0.314 e. The van der Waals surface area contributed by atoms with E-state index in [0.717, 1.165) is 18.0 Å². The van der Waals surface area contributed by atoms with Crippen LogP contribution in [0.15, 0.2) is 48.5 Å². The third kappa shape index (κ3) is 5.18. The van der Waals surface area contributed by atoms with Gasteiger partial charge in [-0.1, -0.05) is 67.4 Å². The molecule has 0 amide bonds. The molecule has 0 aliphatic heterocycles. The minimum atomic E-state index is 0.464. The molecule has 0 saturated heterocycles. The lowest BCUT2D eigenvalue weighted by atomic mass is 9.91. The van der Waals surface area contributed by atoms with Crippen LogP contribution >= 0.6 is 11.6 Å². The minimum absolute atomic E-state index is 0.464. The molecule has 0 aliphatic rings. The van der Waals surface area contributed by atoms with E-state index in [1.165, 1.54) is 16.7 Å². The fourth-order valence-electron chi connectivity index (χ4n) is 2.54. The second kappa shape index (κ2) is 7.63. The summed E-state index contributed by atoms with van der Waals surface area (Å²) in [6.07, 6.45) is 1.04. The smallest absolute Gasteiger partial charge is 0.0406 e. The molecule has 2 heteroatoms. The van der Waals surface area contributed by atoms with Crippen molar-refractivity contribution in [2.75, 3.05) is 6.54 Å². The van der Waals surface area contributed by atoms with Gasteiger partial charge in [0.25, 0.3) is 0 Å². The first-order valence-electron chi connectivity index (χ1n) is 7.59. The van der Waals surface area contributed by atoms with Crippen molar-refractivity contribution in [2.24, 2.45) is 0 Å². The number of rotatable bonds is 6. The van der Waals surface area contributed by atoms with E-state index in [2.05, 4.69) is 62.5 Å². The van der Waals surface area contributed by atoms with Crippen LogP contribution in [0.25, 0.3) is 0 Å². The van der Waals surface area contributed by atoms with Crippen molar-refractivity contribution in [2.45, 2.75) is 39.2 Å². The SMILES string of the molecule is Cc1cccc(CC(CNC(C)C)c2ccc(Cl)cc2)c1. The van der Waals surface area contributed by atoms with E-state index in [-0.39, 0.29) is 0 Å². The maximum atomic E-state index is 6.01. The lowest BCUT2D eigenvalue weighted by Crippen LogP contribution is -2.29. The van der Waals surface area contributed by atoms with Gasteiger partial charge in [-0.3, -0.25) is 0 Å². The molecule has 0 radical (unpaired) electrons. The van der Waals surface area contributed by atoms with Crippen LogP contribution in [-0.2, 0) is 6.42 Å². The van der Waals surface area contributed by atoms with Crippen LogP contribution in [-0.4, -0.2) is 12.6 Å². The number of aryl methyl sites for hydroxylation is 1. The molecule has 21 heavy (non-hydrogen) atoms. The Kier molecular flexibility index (Phi) is 5.84. The van der Waals surface area contributed by atoms with Crippen LogP contribution in [0.3, 0.4) is 0 Å². The van der Waals surface area contributed by atoms with Crippen molar-refractivity contribution in [1.29, 1.82) is 0 Å². The summed E-state index contributed by atoms with van der Waals surface area (Å²) in [7, 11) is 0. The molecule has 1 N–H and O–H groups in total. The topological polar surface area (TPSA) is 12.0 Å². The summed E-state index contributed by atoms with van der Waals surface area (Å²) in [5.41, 5.74) is 4.05. The second-order valence-electron chi connectivity index (χ2n) is 6.00. The van der Waals surface area contributed by atoms with Crippen molar-refractivity contribution < 1.29 is 0 Å². The van der Waals surface area contributed by atoms with E-state index >= 15 is 0 Å². The molecule has 2 aromatic rings. The summed E-state index contributed by atoms with van der Waals surface area (Å²) in [6, 6.07) is 17.5. The van der Waals surface area contributed by atoms with Crippen molar-refractivity contribution in [3.8, 4) is 0 Å². The molecule has 0 aliphatic carbocycles. The number of halogens is 1. The normalized spacial score (nSPS) is 12.6. The number of hydrogen-bond acceptors (Lipinski definition) is 1. The Bertz CT molecular complexity index is 560. The Morgan fingerprint density at radius 2 is 1.76 bits per heavy atom. The maximum Gasteiger partial charge on any atom is 0.0406 e. The maximum absolute atomic E-state index is 6.01. The Morgan fingerprint density at radius 1 is 1.05 bits per heavy atom. The largest absolute Gasteiger partial charge is 0.314 e. The van der Waals surface area contributed by atoms with Crippen LogP contribution in [0.4, 0.5) is 0 Å². The third-order valence-electron chi connectivity index (χ3n) is 3.68. The van der Waals surface area contributed by atoms with Gasteiger partial charge in [-0.15, -0.1) is 0 Å². The summed E-state index contributed by atoms with van der Waals surface area (Å²) < 4.78 is 0. The summed E-state index contributed by atoms with van der Waals surface area (Å²) in [5, 5.41) is 4.36. The summed E-state index contributed by atoms with van der Waals surface area (Å²) in [6.45, 7) is 7.50. The van der Waals surface area contributed by atoms with Crippen LogP contribution in [0.1, 0.15) is 36.5 Å². The van der Waals surface area contributed by atoms with Gasteiger partial charge in [-0.25, -0.2) is 0 Å². The quantitative estimate of drug-likeness (QED) is 0.794.